The minimum Gasteiger partial charge on any atom is -0.300 e. The fourth-order valence-electron chi connectivity index (χ4n) is 0.835. The van der Waals surface area contributed by atoms with Crippen molar-refractivity contribution < 1.29 is 9.59 Å². The third kappa shape index (κ3) is 1.61. The lowest BCUT2D eigenvalue weighted by Crippen LogP contribution is -2.24. The predicted molar refractivity (Wildman–Crippen MR) is 36.6 cm³/mol. The monoisotopic (exact) mass is 190 g/mol. The molecular weight excluding hydrogens is 184 g/mol. The molecule has 0 aromatic rings. The summed E-state index contributed by atoms with van der Waals surface area (Å²) in [6.45, 7) is 0. The Bertz CT molecular complexity index is 153. The molecule has 1 fully saturated rings. The molecule has 1 aliphatic rings. The molecule has 0 heterocycles. The minimum absolute atomic E-state index is 0.162. The van der Waals surface area contributed by atoms with Crippen molar-refractivity contribution in [3.63, 3.8) is 0 Å². The number of hydrogen-bond acceptors (Lipinski definition) is 2. The molecule has 1 saturated carbocycles. The first-order chi connectivity index (χ1) is 4.20. The zero-order valence-corrected chi connectivity index (χ0v) is 6.48. The predicted octanol–water partition coefficient (Wildman–Crippen LogP) is 1.07. The first-order valence-electron chi connectivity index (χ1n) is 2.88. The van der Waals surface area contributed by atoms with E-state index in [1.54, 1.807) is 0 Å². The summed E-state index contributed by atoms with van der Waals surface area (Å²) in [6.07, 6.45) is 1.26. The van der Waals surface area contributed by atoms with Crippen LogP contribution in [0.5, 0.6) is 0 Å². The standard InChI is InChI=1S/C6H7BrO2/c7-5-3-4(8)1-2-6(5)9/h5H,1-3H2/t5-/m0/s1. The van der Waals surface area contributed by atoms with Crippen LogP contribution in [0.3, 0.4) is 0 Å². The van der Waals surface area contributed by atoms with Crippen LogP contribution in [-0.2, 0) is 9.59 Å². The van der Waals surface area contributed by atoms with Gasteiger partial charge in [-0.05, 0) is 0 Å². The van der Waals surface area contributed by atoms with E-state index in [0.29, 0.717) is 19.3 Å². The van der Waals surface area contributed by atoms with Gasteiger partial charge >= 0.3 is 0 Å². The van der Waals surface area contributed by atoms with Gasteiger partial charge in [-0.3, -0.25) is 9.59 Å². The van der Waals surface area contributed by atoms with Crippen molar-refractivity contribution in [2.75, 3.05) is 0 Å². The van der Waals surface area contributed by atoms with Gasteiger partial charge in [-0.15, -0.1) is 0 Å². The Morgan fingerprint density at radius 1 is 1.33 bits per heavy atom. The van der Waals surface area contributed by atoms with Crippen LogP contribution in [0, 0.1) is 0 Å². The van der Waals surface area contributed by atoms with Crippen molar-refractivity contribution in [3.8, 4) is 0 Å². The lowest BCUT2D eigenvalue weighted by molar-refractivity contribution is -0.128. The molecule has 0 aliphatic heterocycles. The highest BCUT2D eigenvalue weighted by Crippen LogP contribution is 2.17. The molecule has 0 unspecified atom stereocenters. The van der Waals surface area contributed by atoms with Crippen molar-refractivity contribution in [3.05, 3.63) is 0 Å². The zero-order chi connectivity index (χ0) is 6.85. The number of ketones is 2. The maximum Gasteiger partial charge on any atom is 0.147 e. The number of carbonyl (C=O) groups is 2. The second-order valence-electron chi connectivity index (χ2n) is 2.18. The Labute approximate surface area is 61.7 Å². The fourth-order valence-corrected chi connectivity index (χ4v) is 1.43. The van der Waals surface area contributed by atoms with Gasteiger partial charge in [0.25, 0.3) is 0 Å². The van der Waals surface area contributed by atoms with E-state index in [2.05, 4.69) is 15.9 Å². The van der Waals surface area contributed by atoms with E-state index < -0.39 is 0 Å². The van der Waals surface area contributed by atoms with Gasteiger partial charge in [-0.25, -0.2) is 0 Å². The number of alkyl halides is 1. The van der Waals surface area contributed by atoms with E-state index in [4.69, 9.17) is 0 Å². The summed E-state index contributed by atoms with van der Waals surface area (Å²) in [5.41, 5.74) is 0. The SMILES string of the molecule is O=C1CCC(=O)[C@@H](Br)C1. The summed E-state index contributed by atoms with van der Waals surface area (Å²) in [5.74, 6) is 0.353. The Morgan fingerprint density at radius 3 is 2.44 bits per heavy atom. The smallest absolute Gasteiger partial charge is 0.147 e. The van der Waals surface area contributed by atoms with Crippen molar-refractivity contribution >= 4 is 27.5 Å². The van der Waals surface area contributed by atoms with Crippen LogP contribution >= 0.6 is 15.9 Å². The van der Waals surface area contributed by atoms with Gasteiger partial charge in [-0.1, -0.05) is 15.9 Å². The topological polar surface area (TPSA) is 34.1 Å². The highest BCUT2D eigenvalue weighted by atomic mass is 79.9. The molecule has 1 atom stereocenters. The van der Waals surface area contributed by atoms with Crippen LogP contribution in [0.4, 0.5) is 0 Å². The quantitative estimate of drug-likeness (QED) is 0.536. The van der Waals surface area contributed by atoms with Crippen LogP contribution in [0.15, 0.2) is 0 Å². The van der Waals surface area contributed by atoms with E-state index in [1.807, 2.05) is 0 Å². The van der Waals surface area contributed by atoms with E-state index in [1.165, 1.54) is 0 Å². The second-order valence-corrected chi connectivity index (χ2v) is 3.28. The van der Waals surface area contributed by atoms with Gasteiger partial charge in [0.05, 0.1) is 4.83 Å². The molecule has 0 amide bonds. The molecule has 0 N–H and O–H groups in total. The molecule has 50 valence electrons. The molecule has 1 rings (SSSR count). The Kier molecular flexibility index (Phi) is 2.01. The summed E-state index contributed by atoms with van der Waals surface area (Å²) in [4.78, 5) is 21.2. The summed E-state index contributed by atoms with van der Waals surface area (Å²) < 4.78 is 0. The molecule has 3 heteroatoms. The largest absolute Gasteiger partial charge is 0.300 e. The first kappa shape index (κ1) is 6.93. The lowest BCUT2D eigenvalue weighted by atomic mass is 9.98. The van der Waals surface area contributed by atoms with Crippen molar-refractivity contribution in [1.82, 2.24) is 0 Å². The highest BCUT2D eigenvalue weighted by Gasteiger charge is 2.23. The molecule has 0 aromatic carbocycles. The third-order valence-corrected chi connectivity index (χ3v) is 2.24. The average molecular weight is 191 g/mol. The Hall–Kier alpha value is -0.180. The normalized spacial score (nSPS) is 28.8. The average Bonchev–Trinajstić information content (AvgIpc) is 1.80. The Morgan fingerprint density at radius 2 is 2.00 bits per heavy atom. The maximum absolute atomic E-state index is 10.7. The van der Waals surface area contributed by atoms with Gasteiger partial charge < -0.3 is 0 Å². The molecule has 0 radical (unpaired) electrons. The summed E-state index contributed by atoms with van der Waals surface area (Å²) in [5, 5.41) is 0. The van der Waals surface area contributed by atoms with Crippen molar-refractivity contribution in [2.45, 2.75) is 24.1 Å². The molecule has 0 spiro atoms. The third-order valence-electron chi connectivity index (χ3n) is 1.41. The van der Waals surface area contributed by atoms with E-state index in [9.17, 15) is 9.59 Å². The number of hydrogen-bond donors (Lipinski definition) is 0. The highest BCUT2D eigenvalue weighted by molar-refractivity contribution is 9.10. The van der Waals surface area contributed by atoms with Crippen LogP contribution < -0.4 is 0 Å². The molecule has 0 bridgehead atoms. The van der Waals surface area contributed by atoms with Gasteiger partial charge in [0.15, 0.2) is 0 Å². The Balaban J connectivity index is 2.54. The second kappa shape index (κ2) is 2.60. The number of carbonyl (C=O) groups excluding carboxylic acids is 2. The van der Waals surface area contributed by atoms with Gasteiger partial charge in [0.1, 0.15) is 11.6 Å². The molecule has 2 nitrogen and oxygen atoms in total. The van der Waals surface area contributed by atoms with Gasteiger partial charge in [-0.2, -0.15) is 0 Å². The number of rotatable bonds is 0. The summed E-state index contributed by atoms with van der Waals surface area (Å²) in [7, 11) is 0. The fraction of sp³-hybridized carbons (Fsp3) is 0.667. The van der Waals surface area contributed by atoms with Crippen LogP contribution in [0.25, 0.3) is 0 Å². The van der Waals surface area contributed by atoms with Crippen LogP contribution in [0.2, 0.25) is 0 Å². The number of halogens is 1. The molecule has 0 saturated heterocycles. The summed E-state index contributed by atoms with van der Waals surface area (Å²) in [6, 6.07) is 0. The van der Waals surface area contributed by atoms with E-state index in [0.717, 1.165) is 0 Å². The first-order valence-corrected chi connectivity index (χ1v) is 3.80. The lowest BCUT2D eigenvalue weighted by Gasteiger charge is -2.12. The van der Waals surface area contributed by atoms with Crippen molar-refractivity contribution in [1.29, 1.82) is 0 Å². The van der Waals surface area contributed by atoms with Crippen LogP contribution in [0.1, 0.15) is 19.3 Å². The van der Waals surface area contributed by atoms with E-state index >= 15 is 0 Å². The number of Topliss-reactive ketones (excluding diaryl/α,β-unsaturated/α-hetero) is 2. The van der Waals surface area contributed by atoms with Crippen LogP contribution in [-0.4, -0.2) is 16.4 Å². The van der Waals surface area contributed by atoms with Gasteiger partial charge in [0.2, 0.25) is 0 Å². The van der Waals surface area contributed by atoms with E-state index in [-0.39, 0.29) is 16.4 Å². The zero-order valence-electron chi connectivity index (χ0n) is 4.89. The molecule has 1 aliphatic carbocycles. The molecular formula is C6H7BrO2. The molecule has 0 aromatic heterocycles. The minimum atomic E-state index is -0.196. The van der Waals surface area contributed by atoms with Crippen molar-refractivity contribution in [2.24, 2.45) is 0 Å². The molecule has 9 heavy (non-hydrogen) atoms. The van der Waals surface area contributed by atoms with Gasteiger partial charge in [0, 0.05) is 19.3 Å². The summed E-state index contributed by atoms with van der Waals surface area (Å²) >= 11 is 3.12. The maximum atomic E-state index is 10.7.